The fraction of sp³-hybridized carbons (Fsp3) is 0.200. The summed E-state index contributed by atoms with van der Waals surface area (Å²) in [6, 6.07) is 1.38. The number of hydrogen-bond acceptors (Lipinski definition) is 3. The van der Waals surface area contributed by atoms with Crippen LogP contribution in [0.25, 0.3) is 0 Å². The molecule has 3 N–H and O–H groups in total. The SMILES string of the molecule is NCc1cc(=O)[nH]cn1. The third kappa shape index (κ3) is 1.36. The van der Waals surface area contributed by atoms with Gasteiger partial charge in [-0.1, -0.05) is 0 Å². The van der Waals surface area contributed by atoms with E-state index in [2.05, 4.69) is 9.97 Å². The molecule has 0 bridgehead atoms. The van der Waals surface area contributed by atoms with E-state index in [1.54, 1.807) is 0 Å². The maximum Gasteiger partial charge on any atom is 0.250 e. The van der Waals surface area contributed by atoms with Crippen LogP contribution in [0.4, 0.5) is 0 Å². The number of H-pyrrole nitrogens is 1. The molecular formula is C5H7N3O. The van der Waals surface area contributed by atoms with E-state index in [1.807, 2.05) is 0 Å². The zero-order chi connectivity index (χ0) is 6.69. The van der Waals surface area contributed by atoms with Crippen molar-refractivity contribution < 1.29 is 0 Å². The summed E-state index contributed by atoms with van der Waals surface area (Å²) in [5, 5.41) is 0. The van der Waals surface area contributed by atoms with Crippen LogP contribution in [0.3, 0.4) is 0 Å². The Bertz CT molecular complexity index is 242. The predicted molar refractivity (Wildman–Crippen MR) is 32.7 cm³/mol. The maximum absolute atomic E-state index is 10.5. The standard InChI is InChI=1S/C5H7N3O/c6-2-4-1-5(9)8-3-7-4/h1,3H,2,6H2,(H,7,8,9). The molecule has 48 valence electrons. The zero-order valence-corrected chi connectivity index (χ0v) is 4.79. The first kappa shape index (κ1) is 5.97. The lowest BCUT2D eigenvalue weighted by molar-refractivity contribution is 0.949. The first-order valence-electron chi connectivity index (χ1n) is 2.56. The highest BCUT2D eigenvalue weighted by molar-refractivity contribution is 4.96. The first-order valence-corrected chi connectivity index (χ1v) is 2.56. The molecule has 4 nitrogen and oxygen atoms in total. The second kappa shape index (κ2) is 2.41. The van der Waals surface area contributed by atoms with Crippen molar-refractivity contribution in [3.63, 3.8) is 0 Å². The van der Waals surface area contributed by atoms with Crippen LogP contribution < -0.4 is 11.3 Å². The molecule has 0 saturated carbocycles. The molecule has 0 aromatic carbocycles. The number of nitrogens with one attached hydrogen (secondary N) is 1. The molecule has 0 aliphatic rings. The Morgan fingerprint density at radius 3 is 3.00 bits per heavy atom. The summed E-state index contributed by atoms with van der Waals surface area (Å²) in [4.78, 5) is 16.7. The van der Waals surface area contributed by atoms with Crippen molar-refractivity contribution in [2.45, 2.75) is 6.54 Å². The largest absolute Gasteiger partial charge is 0.325 e. The highest BCUT2D eigenvalue weighted by Gasteiger charge is 1.87. The van der Waals surface area contributed by atoms with Crippen molar-refractivity contribution in [3.05, 3.63) is 28.4 Å². The average Bonchev–Trinajstić information content (AvgIpc) is 1.88. The molecule has 0 spiro atoms. The fourth-order valence-electron chi connectivity index (χ4n) is 0.521. The van der Waals surface area contributed by atoms with Gasteiger partial charge in [-0.15, -0.1) is 0 Å². The van der Waals surface area contributed by atoms with E-state index < -0.39 is 0 Å². The second-order valence-electron chi connectivity index (χ2n) is 1.61. The molecule has 1 aromatic heterocycles. The summed E-state index contributed by atoms with van der Waals surface area (Å²) in [5.74, 6) is 0. The Hall–Kier alpha value is -1.16. The van der Waals surface area contributed by atoms with Gasteiger partial charge >= 0.3 is 0 Å². The predicted octanol–water partition coefficient (Wildman–Crippen LogP) is -0.771. The van der Waals surface area contributed by atoms with E-state index in [1.165, 1.54) is 12.4 Å². The summed E-state index contributed by atoms with van der Waals surface area (Å²) < 4.78 is 0. The molecular weight excluding hydrogens is 118 g/mol. The number of aromatic amines is 1. The smallest absolute Gasteiger partial charge is 0.250 e. The number of aromatic nitrogens is 2. The topological polar surface area (TPSA) is 71.8 Å². The van der Waals surface area contributed by atoms with Gasteiger partial charge in [0.25, 0.3) is 5.56 Å². The molecule has 1 aromatic rings. The van der Waals surface area contributed by atoms with Gasteiger partial charge in [-0.2, -0.15) is 0 Å². The molecule has 1 heterocycles. The van der Waals surface area contributed by atoms with Crippen LogP contribution in [0.2, 0.25) is 0 Å². The summed E-state index contributed by atoms with van der Waals surface area (Å²) in [7, 11) is 0. The van der Waals surface area contributed by atoms with Gasteiger partial charge in [0, 0.05) is 12.6 Å². The Morgan fingerprint density at radius 2 is 2.56 bits per heavy atom. The van der Waals surface area contributed by atoms with Gasteiger partial charge in [0.05, 0.1) is 12.0 Å². The van der Waals surface area contributed by atoms with Crippen molar-refractivity contribution in [2.24, 2.45) is 5.73 Å². The first-order chi connectivity index (χ1) is 4.33. The lowest BCUT2D eigenvalue weighted by Gasteiger charge is -1.89. The van der Waals surface area contributed by atoms with E-state index in [-0.39, 0.29) is 5.56 Å². The second-order valence-corrected chi connectivity index (χ2v) is 1.61. The van der Waals surface area contributed by atoms with Gasteiger partial charge in [0.15, 0.2) is 0 Å². The van der Waals surface area contributed by atoms with Crippen LogP contribution in [-0.2, 0) is 6.54 Å². The van der Waals surface area contributed by atoms with Gasteiger partial charge in [-0.25, -0.2) is 4.98 Å². The molecule has 0 unspecified atom stereocenters. The van der Waals surface area contributed by atoms with E-state index in [0.717, 1.165) is 0 Å². The number of nitrogens with zero attached hydrogens (tertiary/aromatic N) is 1. The molecule has 0 aliphatic carbocycles. The number of rotatable bonds is 1. The normalized spacial score (nSPS) is 9.44. The monoisotopic (exact) mass is 125 g/mol. The van der Waals surface area contributed by atoms with E-state index in [9.17, 15) is 4.79 Å². The third-order valence-electron chi connectivity index (χ3n) is 0.944. The minimum atomic E-state index is -0.162. The maximum atomic E-state index is 10.5. The van der Waals surface area contributed by atoms with Gasteiger partial charge in [0.2, 0.25) is 0 Å². The minimum absolute atomic E-state index is 0.162. The quantitative estimate of drug-likeness (QED) is 0.517. The molecule has 0 amide bonds. The van der Waals surface area contributed by atoms with Crippen LogP contribution in [0, 0.1) is 0 Å². The Labute approximate surface area is 51.7 Å². The molecule has 0 aliphatic heterocycles. The van der Waals surface area contributed by atoms with Crippen molar-refractivity contribution in [1.82, 2.24) is 9.97 Å². The molecule has 1 rings (SSSR count). The molecule has 9 heavy (non-hydrogen) atoms. The third-order valence-corrected chi connectivity index (χ3v) is 0.944. The van der Waals surface area contributed by atoms with Crippen LogP contribution in [0.5, 0.6) is 0 Å². The Kier molecular flexibility index (Phi) is 1.60. The van der Waals surface area contributed by atoms with Crippen LogP contribution >= 0.6 is 0 Å². The lowest BCUT2D eigenvalue weighted by atomic mass is 10.4. The van der Waals surface area contributed by atoms with Gasteiger partial charge < -0.3 is 10.7 Å². The summed E-state index contributed by atoms with van der Waals surface area (Å²) >= 11 is 0. The Balaban J connectivity index is 3.08. The van der Waals surface area contributed by atoms with Crippen molar-refractivity contribution in [2.75, 3.05) is 0 Å². The van der Waals surface area contributed by atoms with Crippen LogP contribution in [-0.4, -0.2) is 9.97 Å². The van der Waals surface area contributed by atoms with Crippen molar-refractivity contribution in [1.29, 1.82) is 0 Å². The summed E-state index contributed by atoms with van der Waals surface area (Å²) in [6.45, 7) is 0.309. The van der Waals surface area contributed by atoms with E-state index in [4.69, 9.17) is 5.73 Å². The molecule has 0 fully saturated rings. The molecule has 0 radical (unpaired) electrons. The Morgan fingerprint density at radius 1 is 1.78 bits per heavy atom. The van der Waals surface area contributed by atoms with Gasteiger partial charge in [0.1, 0.15) is 0 Å². The average molecular weight is 125 g/mol. The lowest BCUT2D eigenvalue weighted by Crippen LogP contribution is -2.09. The summed E-state index contributed by atoms with van der Waals surface area (Å²) in [6.07, 6.45) is 1.34. The van der Waals surface area contributed by atoms with E-state index >= 15 is 0 Å². The minimum Gasteiger partial charge on any atom is -0.325 e. The van der Waals surface area contributed by atoms with Crippen LogP contribution in [0.1, 0.15) is 5.69 Å². The van der Waals surface area contributed by atoms with Crippen molar-refractivity contribution >= 4 is 0 Å². The molecule has 4 heteroatoms. The fourth-order valence-corrected chi connectivity index (χ4v) is 0.521. The van der Waals surface area contributed by atoms with Crippen molar-refractivity contribution in [3.8, 4) is 0 Å². The molecule has 0 atom stereocenters. The number of nitrogens with two attached hydrogens (primary N) is 1. The highest BCUT2D eigenvalue weighted by Crippen LogP contribution is 1.80. The van der Waals surface area contributed by atoms with Gasteiger partial charge in [-0.3, -0.25) is 4.79 Å². The van der Waals surface area contributed by atoms with Crippen LogP contribution in [0.15, 0.2) is 17.2 Å². The summed E-state index contributed by atoms with van der Waals surface area (Å²) in [5.41, 5.74) is 5.65. The van der Waals surface area contributed by atoms with Gasteiger partial charge in [-0.05, 0) is 0 Å². The highest BCUT2D eigenvalue weighted by atomic mass is 16.1. The molecule has 0 saturated heterocycles. The van der Waals surface area contributed by atoms with E-state index in [0.29, 0.717) is 12.2 Å². The number of hydrogen-bond donors (Lipinski definition) is 2. The zero-order valence-electron chi connectivity index (χ0n) is 4.79.